The summed E-state index contributed by atoms with van der Waals surface area (Å²) in [5.74, 6) is 1.90. The van der Waals surface area contributed by atoms with Crippen LogP contribution in [0.4, 0.5) is 0 Å². The van der Waals surface area contributed by atoms with Crippen LogP contribution < -0.4 is 19.5 Å². The topological polar surface area (TPSA) is 44.8 Å². The van der Waals surface area contributed by atoms with E-state index in [1.807, 2.05) is 88.3 Å². The van der Waals surface area contributed by atoms with Crippen molar-refractivity contribution in [2.24, 2.45) is 0 Å². The predicted molar refractivity (Wildman–Crippen MR) is 160 cm³/mol. The number of rotatable bonds is 6. The van der Waals surface area contributed by atoms with Crippen LogP contribution >= 0.6 is 8.58 Å². The van der Waals surface area contributed by atoms with Crippen LogP contribution in [-0.2, 0) is 5.41 Å². The molecule has 0 saturated heterocycles. The summed E-state index contributed by atoms with van der Waals surface area (Å²) < 4.78 is 19.0. The van der Waals surface area contributed by atoms with Crippen LogP contribution in [0.2, 0.25) is 0 Å². The Balaban J connectivity index is 0.00000684. The molecule has 201 valence electrons. The number of ether oxygens (including phenoxy) is 3. The molecule has 0 aliphatic heterocycles. The van der Waals surface area contributed by atoms with E-state index in [0.717, 1.165) is 22.0 Å². The normalized spacial score (nSPS) is 12.9. The van der Waals surface area contributed by atoms with Crippen LogP contribution in [0.5, 0.6) is 17.2 Å². The average Bonchev–Trinajstić information content (AvgIpc) is 2.59. The molecule has 1 radical (unpaired) electrons. The van der Waals surface area contributed by atoms with Crippen LogP contribution in [0.25, 0.3) is 0 Å². The summed E-state index contributed by atoms with van der Waals surface area (Å²) in [5, 5.41) is 0.768. The summed E-state index contributed by atoms with van der Waals surface area (Å²) in [6.45, 7) is 28.7. The van der Waals surface area contributed by atoms with Crippen LogP contribution in [0.3, 0.4) is 0 Å². The molecule has 0 spiro atoms. The first-order valence-corrected chi connectivity index (χ1v) is 13.7. The van der Waals surface area contributed by atoms with Gasteiger partial charge in [0.15, 0.2) is 5.52 Å². The molecule has 6 heteroatoms. The van der Waals surface area contributed by atoms with Crippen molar-refractivity contribution >= 4 is 38.3 Å². The first-order valence-electron chi connectivity index (χ1n) is 12.7. The molecule has 2 aromatic rings. The molecule has 0 bridgehead atoms. The van der Waals surface area contributed by atoms with Crippen molar-refractivity contribution in [3.05, 3.63) is 46.5 Å². The molecule has 0 aliphatic rings. The minimum absolute atomic E-state index is 0. The van der Waals surface area contributed by atoms with Crippen molar-refractivity contribution < 1.29 is 19.0 Å². The minimum atomic E-state index is -0.457. The zero-order valence-electron chi connectivity index (χ0n) is 25.9. The van der Waals surface area contributed by atoms with Gasteiger partial charge in [0.2, 0.25) is 0 Å². The Morgan fingerprint density at radius 2 is 1.03 bits per heavy atom. The van der Waals surface area contributed by atoms with Gasteiger partial charge < -0.3 is 14.2 Å². The van der Waals surface area contributed by atoms with Crippen LogP contribution in [0.15, 0.2) is 24.3 Å². The van der Waals surface area contributed by atoms with Crippen molar-refractivity contribution in [3.63, 3.8) is 0 Å². The van der Waals surface area contributed by atoms with Crippen LogP contribution in [-0.4, -0.2) is 41.2 Å². The van der Waals surface area contributed by atoms with E-state index in [0.29, 0.717) is 17.2 Å². The van der Waals surface area contributed by atoms with E-state index >= 15 is 0 Å². The second kappa shape index (κ2) is 11.7. The Morgan fingerprint density at radius 3 is 1.35 bits per heavy atom. The standard InChI is InChI=1S/C31H47O4P.Li/c1-19-15-21(28(3,4)5)16-20(2)25(19)27(32)36-26-23(34-30(9,10)11)17-22(33-29(6,7)8)18-24(26)35-31(12,13)14;/h15-18,36H,1-14H3;. The van der Waals surface area contributed by atoms with Crippen molar-refractivity contribution in [1.29, 1.82) is 0 Å². The predicted octanol–water partition coefficient (Wildman–Crippen LogP) is 7.90. The molecule has 37 heavy (non-hydrogen) atoms. The van der Waals surface area contributed by atoms with Gasteiger partial charge in [-0.05, 0) is 107 Å². The average molecular weight is 522 g/mol. The number of benzene rings is 2. The van der Waals surface area contributed by atoms with Gasteiger partial charge in [0.1, 0.15) is 34.1 Å². The van der Waals surface area contributed by atoms with E-state index in [2.05, 4.69) is 32.9 Å². The molecule has 2 rings (SSSR count). The van der Waals surface area contributed by atoms with E-state index in [1.165, 1.54) is 5.56 Å². The molecular formula is C31H47LiO4P. The number of carbonyl (C=O) groups excluding carboxylic acids is 1. The molecule has 1 unspecified atom stereocenters. The Labute approximate surface area is 239 Å². The smallest absolute Gasteiger partial charge is 0.186 e. The van der Waals surface area contributed by atoms with E-state index in [-0.39, 0.29) is 44.0 Å². The maximum Gasteiger partial charge on any atom is 0.186 e. The van der Waals surface area contributed by atoms with E-state index in [1.54, 1.807) is 0 Å². The van der Waals surface area contributed by atoms with Gasteiger partial charge in [-0.25, -0.2) is 0 Å². The molecule has 0 aliphatic carbocycles. The van der Waals surface area contributed by atoms with E-state index < -0.39 is 11.2 Å². The largest absolute Gasteiger partial charge is 0.488 e. The zero-order valence-corrected chi connectivity index (χ0v) is 26.9. The van der Waals surface area contributed by atoms with E-state index in [4.69, 9.17) is 14.2 Å². The Hall–Kier alpha value is -1.46. The monoisotopic (exact) mass is 521 g/mol. The van der Waals surface area contributed by atoms with Crippen molar-refractivity contribution in [1.82, 2.24) is 0 Å². The van der Waals surface area contributed by atoms with Gasteiger partial charge in [-0.3, -0.25) is 4.79 Å². The van der Waals surface area contributed by atoms with Gasteiger partial charge >= 0.3 is 0 Å². The molecule has 0 amide bonds. The third-order valence-electron chi connectivity index (χ3n) is 5.16. The Kier molecular flexibility index (Phi) is 10.6. The second-order valence-corrected chi connectivity index (χ2v) is 14.8. The summed E-state index contributed by atoms with van der Waals surface area (Å²) in [5.41, 5.74) is 2.80. The van der Waals surface area contributed by atoms with Gasteiger partial charge in [0.05, 0.1) is 5.30 Å². The second-order valence-electron chi connectivity index (χ2n) is 13.6. The summed E-state index contributed by atoms with van der Waals surface area (Å²) in [4.78, 5) is 13.8. The fourth-order valence-electron chi connectivity index (χ4n) is 3.85. The van der Waals surface area contributed by atoms with Gasteiger partial charge in [0, 0.05) is 36.6 Å². The summed E-state index contributed by atoms with van der Waals surface area (Å²) in [6.07, 6.45) is 0. The molecule has 0 heterocycles. The molecular weight excluding hydrogens is 474 g/mol. The third kappa shape index (κ3) is 10.3. The third-order valence-corrected chi connectivity index (χ3v) is 6.38. The molecule has 1 atom stereocenters. The fourth-order valence-corrected chi connectivity index (χ4v) is 5.09. The molecule has 0 N–H and O–H groups in total. The molecule has 0 saturated carbocycles. The van der Waals surface area contributed by atoms with Crippen molar-refractivity contribution in [2.75, 3.05) is 0 Å². The maximum absolute atomic E-state index is 13.8. The molecule has 0 fully saturated rings. The molecule has 4 nitrogen and oxygen atoms in total. The molecule has 2 aromatic carbocycles. The quantitative estimate of drug-likeness (QED) is 0.286. The number of aryl methyl sites for hydroxylation is 2. The Bertz CT molecular complexity index is 1050. The van der Waals surface area contributed by atoms with Gasteiger partial charge in [-0.2, -0.15) is 0 Å². The van der Waals surface area contributed by atoms with Crippen LogP contribution in [0.1, 0.15) is 110 Å². The first-order chi connectivity index (χ1) is 16.1. The zero-order chi connectivity index (χ0) is 27.9. The van der Waals surface area contributed by atoms with Gasteiger partial charge in [-0.15, -0.1) is 0 Å². The number of carbonyl (C=O) groups is 1. The maximum atomic E-state index is 13.8. The number of hydrogen-bond acceptors (Lipinski definition) is 4. The molecule has 0 aromatic heterocycles. The van der Waals surface area contributed by atoms with Crippen LogP contribution in [0, 0.1) is 13.8 Å². The fraction of sp³-hybridized carbons (Fsp3) is 0.581. The summed E-state index contributed by atoms with van der Waals surface area (Å²) in [7, 11) is -0.159. The summed E-state index contributed by atoms with van der Waals surface area (Å²) in [6, 6.07) is 8.07. The first kappa shape index (κ1) is 33.6. The van der Waals surface area contributed by atoms with Crippen molar-refractivity contribution in [3.8, 4) is 17.2 Å². The SMILES string of the molecule is Cc1cc(C(C)(C)C)cc(C)c1C(=O)Pc1c(OC(C)(C)C)cc(OC(C)(C)C)cc1OC(C)(C)C.[Li]. The van der Waals surface area contributed by atoms with E-state index in [9.17, 15) is 4.79 Å². The summed E-state index contributed by atoms with van der Waals surface area (Å²) >= 11 is 0. The minimum Gasteiger partial charge on any atom is -0.488 e. The van der Waals surface area contributed by atoms with Gasteiger partial charge in [-0.1, -0.05) is 32.9 Å². The van der Waals surface area contributed by atoms with Crippen molar-refractivity contribution in [2.45, 2.75) is 119 Å². The Morgan fingerprint density at radius 1 is 0.649 bits per heavy atom. The van der Waals surface area contributed by atoms with Gasteiger partial charge in [0.25, 0.3) is 0 Å². The number of hydrogen-bond donors (Lipinski definition) is 0.